The Bertz CT molecular complexity index is 815. The number of rotatable bonds is 4. The SMILES string of the molecule is CN1CCC([N+]2(Cc3ccc(F)cc3)C(CO)=Nc3ncccc32)CC1. The molecule has 1 aromatic carbocycles. The van der Waals surface area contributed by atoms with Crippen molar-refractivity contribution in [1.82, 2.24) is 14.4 Å². The van der Waals surface area contributed by atoms with E-state index >= 15 is 0 Å². The van der Waals surface area contributed by atoms with Crippen molar-refractivity contribution in [2.75, 3.05) is 26.7 Å². The molecule has 1 N–H and O–H groups in total. The minimum absolute atomic E-state index is 0.107. The lowest BCUT2D eigenvalue weighted by molar-refractivity contribution is 0.168. The van der Waals surface area contributed by atoms with E-state index in [9.17, 15) is 9.50 Å². The van der Waals surface area contributed by atoms with E-state index in [1.165, 1.54) is 12.1 Å². The Balaban J connectivity index is 1.81. The summed E-state index contributed by atoms with van der Waals surface area (Å²) < 4.78 is 13.9. The predicted octanol–water partition coefficient (Wildman–Crippen LogP) is 2.86. The second kappa shape index (κ2) is 6.87. The summed E-state index contributed by atoms with van der Waals surface area (Å²) in [5, 5.41) is 10.1. The lowest BCUT2D eigenvalue weighted by Gasteiger charge is -2.44. The van der Waals surface area contributed by atoms with Crippen LogP contribution < -0.4 is 4.48 Å². The zero-order valence-electron chi connectivity index (χ0n) is 15.0. The van der Waals surface area contributed by atoms with Gasteiger partial charge < -0.3 is 10.0 Å². The fourth-order valence-electron chi connectivity index (χ4n) is 4.32. The summed E-state index contributed by atoms with van der Waals surface area (Å²) >= 11 is 0. The molecule has 5 nitrogen and oxygen atoms in total. The number of aromatic nitrogens is 1. The zero-order chi connectivity index (χ0) is 18.1. The van der Waals surface area contributed by atoms with Crippen molar-refractivity contribution < 1.29 is 9.50 Å². The average molecular weight is 355 g/mol. The molecule has 0 bridgehead atoms. The molecular weight excluding hydrogens is 331 g/mol. The van der Waals surface area contributed by atoms with E-state index in [4.69, 9.17) is 0 Å². The van der Waals surface area contributed by atoms with E-state index in [1.807, 2.05) is 18.2 Å². The van der Waals surface area contributed by atoms with Crippen LogP contribution in [0.15, 0.2) is 47.6 Å². The molecule has 6 heteroatoms. The van der Waals surface area contributed by atoms with Gasteiger partial charge in [-0.05, 0) is 25.2 Å². The molecule has 26 heavy (non-hydrogen) atoms. The first-order chi connectivity index (χ1) is 12.6. The van der Waals surface area contributed by atoms with Crippen molar-refractivity contribution in [3.8, 4) is 0 Å². The number of piperidine rings is 1. The Morgan fingerprint density at radius 2 is 1.92 bits per heavy atom. The van der Waals surface area contributed by atoms with E-state index in [-0.39, 0.29) is 12.4 Å². The van der Waals surface area contributed by atoms with E-state index < -0.39 is 0 Å². The van der Waals surface area contributed by atoms with E-state index in [0.717, 1.165) is 43.0 Å². The lowest BCUT2D eigenvalue weighted by atomic mass is 9.97. The van der Waals surface area contributed by atoms with Crippen LogP contribution >= 0.6 is 0 Å². The minimum atomic E-state index is -0.237. The normalized spacial score (nSPS) is 23.7. The molecule has 0 aliphatic carbocycles. The van der Waals surface area contributed by atoms with Crippen LogP contribution in [-0.4, -0.2) is 53.6 Å². The monoisotopic (exact) mass is 355 g/mol. The first-order valence-electron chi connectivity index (χ1n) is 9.09. The molecule has 1 unspecified atom stereocenters. The molecule has 4 rings (SSSR count). The number of aliphatic hydroxyl groups excluding tert-OH is 1. The van der Waals surface area contributed by atoms with E-state index in [2.05, 4.69) is 28.0 Å². The number of pyridine rings is 1. The number of aliphatic hydroxyl groups is 1. The van der Waals surface area contributed by atoms with Crippen LogP contribution in [0.25, 0.3) is 0 Å². The summed E-state index contributed by atoms with van der Waals surface area (Å²) in [6.45, 7) is 2.57. The quantitative estimate of drug-likeness (QED) is 0.858. The van der Waals surface area contributed by atoms with Gasteiger partial charge in [0.15, 0.2) is 5.69 Å². The smallest absolute Gasteiger partial charge is 0.236 e. The molecule has 2 aromatic rings. The summed E-state index contributed by atoms with van der Waals surface area (Å²) in [7, 11) is 2.14. The van der Waals surface area contributed by atoms with Crippen molar-refractivity contribution in [3.63, 3.8) is 0 Å². The molecule has 136 valence electrons. The fraction of sp³-hybridized carbons (Fsp3) is 0.400. The van der Waals surface area contributed by atoms with Crippen LogP contribution in [0.5, 0.6) is 0 Å². The second-order valence-electron chi connectivity index (χ2n) is 7.22. The molecule has 1 atom stereocenters. The van der Waals surface area contributed by atoms with Gasteiger partial charge in [0, 0.05) is 43.8 Å². The number of amidine groups is 1. The van der Waals surface area contributed by atoms with Crippen molar-refractivity contribution in [3.05, 3.63) is 54.0 Å². The number of hydrogen-bond donors (Lipinski definition) is 1. The van der Waals surface area contributed by atoms with Crippen LogP contribution in [0.2, 0.25) is 0 Å². The Hall–Kier alpha value is -2.15. The molecule has 1 aromatic heterocycles. The van der Waals surface area contributed by atoms with Crippen LogP contribution in [0.1, 0.15) is 18.4 Å². The van der Waals surface area contributed by atoms with Gasteiger partial charge in [-0.15, -0.1) is 0 Å². The number of aliphatic imine (C=N–C) groups is 1. The highest BCUT2D eigenvalue weighted by molar-refractivity contribution is 6.02. The summed E-state index contributed by atoms with van der Waals surface area (Å²) in [5.74, 6) is 1.19. The number of likely N-dealkylation sites (tertiary alicyclic amines) is 1. The van der Waals surface area contributed by atoms with Gasteiger partial charge in [-0.3, -0.25) is 0 Å². The second-order valence-corrected chi connectivity index (χ2v) is 7.22. The highest BCUT2D eigenvalue weighted by atomic mass is 19.1. The van der Waals surface area contributed by atoms with Crippen molar-refractivity contribution in [2.24, 2.45) is 4.99 Å². The van der Waals surface area contributed by atoms with Crippen LogP contribution in [-0.2, 0) is 6.54 Å². The zero-order valence-corrected chi connectivity index (χ0v) is 15.0. The Morgan fingerprint density at radius 3 is 2.62 bits per heavy atom. The van der Waals surface area contributed by atoms with Crippen LogP contribution in [0, 0.1) is 5.82 Å². The predicted molar refractivity (Wildman–Crippen MR) is 101 cm³/mol. The first kappa shape index (κ1) is 17.3. The first-order valence-corrected chi connectivity index (χ1v) is 9.09. The fourth-order valence-corrected chi connectivity index (χ4v) is 4.32. The van der Waals surface area contributed by atoms with Gasteiger partial charge in [0.1, 0.15) is 25.0 Å². The molecular formula is C20H24FN4O+. The molecule has 0 saturated carbocycles. The van der Waals surface area contributed by atoms with Crippen LogP contribution in [0.4, 0.5) is 15.9 Å². The topological polar surface area (TPSA) is 48.7 Å². The Morgan fingerprint density at radius 1 is 1.19 bits per heavy atom. The van der Waals surface area contributed by atoms with E-state index in [1.54, 1.807) is 6.20 Å². The maximum atomic E-state index is 13.4. The molecule has 2 aliphatic heterocycles. The standard InChI is InChI=1S/C20H24FN4O/c1-24-11-8-17(9-12-24)25(13-15-4-6-16(21)7-5-15)18-3-2-10-22-20(18)23-19(25)14-26/h2-7,10,17,26H,8-9,11-14H2,1H3/q+1. The van der Waals surface area contributed by atoms with Gasteiger partial charge in [-0.2, -0.15) is 4.99 Å². The summed E-state index contributed by atoms with van der Waals surface area (Å²) in [5.41, 5.74) is 2.07. The third-order valence-corrected chi connectivity index (χ3v) is 5.69. The van der Waals surface area contributed by atoms with Gasteiger partial charge in [-0.1, -0.05) is 12.1 Å². The van der Waals surface area contributed by atoms with Gasteiger partial charge in [0.25, 0.3) is 0 Å². The third-order valence-electron chi connectivity index (χ3n) is 5.69. The summed E-state index contributed by atoms with van der Waals surface area (Å²) in [6.07, 6.45) is 3.78. The molecule has 3 heterocycles. The summed E-state index contributed by atoms with van der Waals surface area (Å²) in [6, 6.07) is 11.0. The number of fused-ring (bicyclic) bond motifs is 1. The molecule has 2 aliphatic rings. The molecule has 0 radical (unpaired) electrons. The van der Waals surface area contributed by atoms with Crippen molar-refractivity contribution in [1.29, 1.82) is 0 Å². The number of benzene rings is 1. The van der Waals surface area contributed by atoms with Gasteiger partial charge in [0.05, 0.1) is 0 Å². The minimum Gasteiger partial charge on any atom is -0.384 e. The maximum Gasteiger partial charge on any atom is 0.236 e. The highest BCUT2D eigenvalue weighted by Gasteiger charge is 2.50. The van der Waals surface area contributed by atoms with Gasteiger partial charge >= 0.3 is 0 Å². The Kier molecular flexibility index (Phi) is 4.56. The molecule has 0 amide bonds. The molecule has 1 fully saturated rings. The summed E-state index contributed by atoms with van der Waals surface area (Å²) in [4.78, 5) is 11.4. The van der Waals surface area contributed by atoms with E-state index in [0.29, 0.717) is 22.9 Å². The lowest BCUT2D eigenvalue weighted by Crippen LogP contribution is -2.62. The molecule has 1 saturated heterocycles. The average Bonchev–Trinajstić information content (AvgIpc) is 2.99. The number of nitrogens with zero attached hydrogens (tertiary/aromatic N) is 4. The number of halogens is 1. The number of quaternary nitrogens is 1. The number of hydrogen-bond acceptors (Lipinski definition) is 4. The van der Waals surface area contributed by atoms with Crippen molar-refractivity contribution >= 4 is 17.3 Å². The largest absolute Gasteiger partial charge is 0.384 e. The van der Waals surface area contributed by atoms with Crippen LogP contribution in [0.3, 0.4) is 0 Å². The van der Waals surface area contributed by atoms with Crippen molar-refractivity contribution in [2.45, 2.75) is 25.4 Å². The maximum absolute atomic E-state index is 13.4. The molecule has 0 spiro atoms. The van der Waals surface area contributed by atoms with Gasteiger partial charge in [0.2, 0.25) is 11.7 Å². The highest BCUT2D eigenvalue weighted by Crippen LogP contribution is 2.44. The van der Waals surface area contributed by atoms with Gasteiger partial charge in [-0.25, -0.2) is 13.9 Å². The Labute approximate surface area is 153 Å². The third kappa shape index (κ3) is 2.84.